The van der Waals surface area contributed by atoms with Gasteiger partial charge in [-0.15, -0.1) is 0 Å². The summed E-state index contributed by atoms with van der Waals surface area (Å²) in [4.78, 5) is 2.57. The van der Waals surface area contributed by atoms with E-state index in [0.29, 0.717) is 5.92 Å². The van der Waals surface area contributed by atoms with Crippen molar-refractivity contribution in [1.82, 2.24) is 5.32 Å². The minimum Gasteiger partial charge on any atom is -0.371 e. The monoisotopic (exact) mass is 260 g/mol. The molecule has 2 heteroatoms. The average molecular weight is 260 g/mol. The molecule has 1 aromatic carbocycles. The normalized spacial score (nSPS) is 17.2. The van der Waals surface area contributed by atoms with Crippen molar-refractivity contribution in [3.8, 4) is 0 Å². The molecule has 0 saturated carbocycles. The Morgan fingerprint density at radius 1 is 1.21 bits per heavy atom. The molecule has 106 valence electrons. The van der Waals surface area contributed by atoms with Crippen molar-refractivity contribution < 1.29 is 0 Å². The van der Waals surface area contributed by atoms with E-state index in [-0.39, 0.29) is 0 Å². The van der Waals surface area contributed by atoms with Crippen molar-refractivity contribution >= 4 is 5.69 Å². The third-order valence-electron chi connectivity index (χ3n) is 4.08. The molecule has 0 amide bonds. The summed E-state index contributed by atoms with van der Waals surface area (Å²) in [5.41, 5.74) is 2.94. The van der Waals surface area contributed by atoms with Gasteiger partial charge in [-0.05, 0) is 43.4 Å². The lowest BCUT2D eigenvalue weighted by atomic mass is 9.98. The van der Waals surface area contributed by atoms with Gasteiger partial charge in [-0.25, -0.2) is 0 Å². The van der Waals surface area contributed by atoms with Gasteiger partial charge in [0.05, 0.1) is 0 Å². The van der Waals surface area contributed by atoms with Crippen LogP contribution in [-0.4, -0.2) is 25.7 Å². The topological polar surface area (TPSA) is 15.3 Å². The van der Waals surface area contributed by atoms with E-state index in [9.17, 15) is 0 Å². The fraction of sp³-hybridized carbons (Fsp3) is 0.647. The number of nitrogens with one attached hydrogen (secondary N) is 1. The van der Waals surface area contributed by atoms with E-state index in [1.165, 1.54) is 43.6 Å². The minimum atomic E-state index is 0.604. The maximum atomic E-state index is 3.65. The maximum Gasteiger partial charge on any atom is 0.0401 e. The number of hydrogen-bond donors (Lipinski definition) is 1. The second-order valence-electron chi connectivity index (χ2n) is 5.93. The van der Waals surface area contributed by atoms with Gasteiger partial charge in [0.2, 0.25) is 0 Å². The summed E-state index contributed by atoms with van der Waals surface area (Å²) in [7, 11) is 0. The predicted molar refractivity (Wildman–Crippen MR) is 84.1 cm³/mol. The molecule has 0 unspecified atom stereocenters. The number of anilines is 1. The number of rotatable bonds is 5. The van der Waals surface area contributed by atoms with Crippen LogP contribution in [0.15, 0.2) is 24.3 Å². The van der Waals surface area contributed by atoms with Crippen LogP contribution in [0.25, 0.3) is 0 Å². The van der Waals surface area contributed by atoms with Gasteiger partial charge >= 0.3 is 0 Å². The third-order valence-corrected chi connectivity index (χ3v) is 4.08. The molecule has 1 N–H and O–H groups in total. The highest BCUT2D eigenvalue weighted by molar-refractivity contribution is 5.55. The van der Waals surface area contributed by atoms with Crippen molar-refractivity contribution in [2.75, 3.05) is 24.5 Å². The van der Waals surface area contributed by atoms with Crippen molar-refractivity contribution in [3.05, 3.63) is 29.8 Å². The van der Waals surface area contributed by atoms with Gasteiger partial charge in [-0.3, -0.25) is 0 Å². The van der Waals surface area contributed by atoms with E-state index < -0.39 is 0 Å². The molecule has 0 atom stereocenters. The summed E-state index contributed by atoms with van der Waals surface area (Å²) in [6, 6.07) is 9.62. The summed E-state index contributed by atoms with van der Waals surface area (Å²) >= 11 is 0. The molecule has 2 nitrogen and oxygen atoms in total. The van der Waals surface area contributed by atoms with Crippen LogP contribution < -0.4 is 10.2 Å². The molecule has 1 aliphatic heterocycles. The molecule has 1 aromatic rings. The number of benzene rings is 1. The Hall–Kier alpha value is -1.02. The summed E-state index contributed by atoms with van der Waals surface area (Å²) in [5.74, 6) is 0.604. The van der Waals surface area contributed by atoms with Gasteiger partial charge in [-0.2, -0.15) is 0 Å². The van der Waals surface area contributed by atoms with Gasteiger partial charge in [0.15, 0.2) is 0 Å². The number of piperidine rings is 1. The zero-order valence-corrected chi connectivity index (χ0v) is 12.7. The van der Waals surface area contributed by atoms with E-state index in [4.69, 9.17) is 0 Å². The van der Waals surface area contributed by atoms with Gasteiger partial charge in [-0.1, -0.05) is 39.0 Å². The molecule has 19 heavy (non-hydrogen) atoms. The van der Waals surface area contributed by atoms with Crippen molar-refractivity contribution in [3.63, 3.8) is 0 Å². The Morgan fingerprint density at radius 2 is 1.89 bits per heavy atom. The molecule has 2 rings (SSSR count). The highest BCUT2D eigenvalue weighted by atomic mass is 15.1. The van der Waals surface area contributed by atoms with E-state index in [0.717, 1.165) is 12.6 Å². The molecule has 0 radical (unpaired) electrons. The lowest BCUT2D eigenvalue weighted by Crippen LogP contribution is -2.43. The maximum absolute atomic E-state index is 3.65. The highest BCUT2D eigenvalue weighted by Gasteiger charge is 2.20. The van der Waals surface area contributed by atoms with E-state index in [2.05, 4.69) is 55.3 Å². The van der Waals surface area contributed by atoms with E-state index in [1.807, 2.05) is 0 Å². The van der Waals surface area contributed by atoms with Crippen LogP contribution in [0.3, 0.4) is 0 Å². The lowest BCUT2D eigenvalue weighted by Gasteiger charge is -2.35. The third kappa shape index (κ3) is 3.73. The van der Waals surface area contributed by atoms with Gasteiger partial charge in [0.25, 0.3) is 0 Å². The Balaban J connectivity index is 1.98. The summed E-state index contributed by atoms with van der Waals surface area (Å²) in [6.07, 6.45) is 3.77. The van der Waals surface area contributed by atoms with Gasteiger partial charge < -0.3 is 10.2 Å². The summed E-state index contributed by atoms with van der Waals surface area (Å²) in [6.45, 7) is 10.3. The molecule has 1 aliphatic rings. The predicted octanol–water partition coefficient (Wildman–Crippen LogP) is 3.78. The molecule has 0 spiro atoms. The number of nitrogens with zero attached hydrogens (tertiary/aromatic N) is 1. The quantitative estimate of drug-likeness (QED) is 0.867. The SMILES string of the molecule is CCCNC1CCN(c2ccccc2C(C)C)CC1. The zero-order valence-electron chi connectivity index (χ0n) is 12.7. The van der Waals surface area contributed by atoms with Gasteiger partial charge in [0.1, 0.15) is 0 Å². The number of para-hydroxylation sites is 1. The van der Waals surface area contributed by atoms with Crippen LogP contribution >= 0.6 is 0 Å². The van der Waals surface area contributed by atoms with Crippen LogP contribution in [0.1, 0.15) is 51.5 Å². The summed E-state index contributed by atoms with van der Waals surface area (Å²) < 4.78 is 0. The van der Waals surface area contributed by atoms with E-state index in [1.54, 1.807) is 0 Å². The Morgan fingerprint density at radius 3 is 2.53 bits per heavy atom. The first-order valence-electron chi connectivity index (χ1n) is 7.79. The Kier molecular flexibility index (Phi) is 5.26. The number of hydrogen-bond acceptors (Lipinski definition) is 2. The Bertz CT molecular complexity index is 379. The van der Waals surface area contributed by atoms with Crippen molar-refractivity contribution in [2.45, 2.75) is 52.0 Å². The molecule has 0 aromatic heterocycles. The highest BCUT2D eigenvalue weighted by Crippen LogP contribution is 2.29. The fourth-order valence-corrected chi connectivity index (χ4v) is 2.94. The van der Waals surface area contributed by atoms with Crippen LogP contribution in [0, 0.1) is 0 Å². The van der Waals surface area contributed by atoms with Gasteiger partial charge in [0, 0.05) is 24.8 Å². The fourth-order valence-electron chi connectivity index (χ4n) is 2.94. The van der Waals surface area contributed by atoms with Crippen LogP contribution in [0.5, 0.6) is 0 Å². The zero-order chi connectivity index (χ0) is 13.7. The smallest absolute Gasteiger partial charge is 0.0401 e. The molecule has 0 aliphatic carbocycles. The first-order chi connectivity index (χ1) is 9.22. The molecule has 1 fully saturated rings. The average Bonchev–Trinajstić information content (AvgIpc) is 2.45. The van der Waals surface area contributed by atoms with Crippen LogP contribution in [-0.2, 0) is 0 Å². The van der Waals surface area contributed by atoms with Crippen molar-refractivity contribution in [1.29, 1.82) is 0 Å². The van der Waals surface area contributed by atoms with Crippen molar-refractivity contribution in [2.24, 2.45) is 0 Å². The Labute approximate surface area is 118 Å². The van der Waals surface area contributed by atoms with Crippen LogP contribution in [0.2, 0.25) is 0 Å². The minimum absolute atomic E-state index is 0.604. The summed E-state index contributed by atoms with van der Waals surface area (Å²) in [5, 5.41) is 3.65. The standard InChI is InChI=1S/C17H28N2/c1-4-11-18-15-9-12-19(13-10-15)17-8-6-5-7-16(17)14(2)3/h5-8,14-15,18H,4,9-13H2,1-3H3. The van der Waals surface area contributed by atoms with Crippen LogP contribution in [0.4, 0.5) is 5.69 Å². The first-order valence-corrected chi connectivity index (χ1v) is 7.79. The van der Waals surface area contributed by atoms with E-state index >= 15 is 0 Å². The largest absolute Gasteiger partial charge is 0.371 e. The first kappa shape index (κ1) is 14.4. The second kappa shape index (κ2) is 6.95. The molecule has 1 heterocycles. The molecule has 1 saturated heterocycles. The lowest BCUT2D eigenvalue weighted by molar-refractivity contribution is 0.415. The molecular formula is C17H28N2. The second-order valence-corrected chi connectivity index (χ2v) is 5.93. The molecular weight excluding hydrogens is 232 g/mol. The molecule has 0 bridgehead atoms.